The summed E-state index contributed by atoms with van der Waals surface area (Å²) in [7, 11) is 1.54. The number of anilines is 1. The highest BCUT2D eigenvalue weighted by Crippen LogP contribution is 2.27. The van der Waals surface area contributed by atoms with Crippen LogP contribution in [0, 0.1) is 10.5 Å². The van der Waals surface area contributed by atoms with Crippen LogP contribution in [-0.2, 0) is 0 Å². The van der Waals surface area contributed by atoms with Gasteiger partial charge in [-0.15, -0.1) is 0 Å². The number of amides is 1. The molecule has 0 aliphatic heterocycles. The summed E-state index contributed by atoms with van der Waals surface area (Å²) < 4.78 is 12.3. The molecule has 0 radical (unpaired) electrons. The molecule has 0 saturated carbocycles. The van der Waals surface area contributed by atoms with Crippen molar-refractivity contribution in [1.29, 1.82) is 0 Å². The van der Waals surface area contributed by atoms with Crippen molar-refractivity contribution in [2.75, 3.05) is 12.4 Å². The highest BCUT2D eigenvalue weighted by Gasteiger charge is 2.15. The summed E-state index contributed by atoms with van der Waals surface area (Å²) in [6.07, 6.45) is 0. The highest BCUT2D eigenvalue weighted by molar-refractivity contribution is 14.1. The van der Waals surface area contributed by atoms with E-state index in [1.165, 1.54) is 7.11 Å². The van der Waals surface area contributed by atoms with Gasteiger partial charge in [-0.2, -0.15) is 0 Å². The van der Waals surface area contributed by atoms with Crippen molar-refractivity contribution in [3.8, 4) is 17.2 Å². The SMILES string of the molecule is COc1c(C)cccc1C(=O)NC(=S)Nc1ccc2oc(-c3cccc(I)c3)nc2c1. The smallest absolute Gasteiger partial charge is 0.261 e. The maximum absolute atomic E-state index is 12.6. The summed E-state index contributed by atoms with van der Waals surface area (Å²) in [5, 5.41) is 5.88. The number of aromatic nitrogens is 1. The van der Waals surface area contributed by atoms with Crippen LogP contribution in [0.4, 0.5) is 5.69 Å². The van der Waals surface area contributed by atoms with Crippen LogP contribution in [0.15, 0.2) is 65.1 Å². The molecule has 1 heterocycles. The number of benzene rings is 3. The number of fused-ring (bicyclic) bond motifs is 1. The van der Waals surface area contributed by atoms with E-state index >= 15 is 0 Å². The monoisotopic (exact) mass is 543 g/mol. The van der Waals surface area contributed by atoms with Crippen molar-refractivity contribution in [2.24, 2.45) is 0 Å². The first-order valence-electron chi connectivity index (χ1n) is 9.37. The van der Waals surface area contributed by atoms with E-state index in [9.17, 15) is 4.79 Å². The lowest BCUT2D eigenvalue weighted by Gasteiger charge is -2.13. The molecule has 0 atom stereocenters. The first-order chi connectivity index (χ1) is 14.9. The molecule has 0 bridgehead atoms. The largest absolute Gasteiger partial charge is 0.496 e. The number of thiocarbonyl (C=S) groups is 1. The zero-order valence-corrected chi connectivity index (χ0v) is 19.7. The van der Waals surface area contributed by atoms with Gasteiger partial charge in [0.15, 0.2) is 10.7 Å². The average Bonchev–Trinajstić information content (AvgIpc) is 3.17. The van der Waals surface area contributed by atoms with Crippen LogP contribution in [0.3, 0.4) is 0 Å². The van der Waals surface area contributed by atoms with Crippen molar-refractivity contribution in [2.45, 2.75) is 6.92 Å². The normalized spacial score (nSPS) is 10.7. The summed E-state index contributed by atoms with van der Waals surface area (Å²) in [5.41, 5.74) is 4.24. The summed E-state index contributed by atoms with van der Waals surface area (Å²) >= 11 is 7.57. The molecule has 0 unspecified atom stereocenters. The number of para-hydroxylation sites is 1. The number of methoxy groups -OCH3 is 1. The van der Waals surface area contributed by atoms with Gasteiger partial charge in [-0.05, 0) is 89.8 Å². The molecule has 31 heavy (non-hydrogen) atoms. The van der Waals surface area contributed by atoms with Gasteiger partial charge in [0, 0.05) is 14.8 Å². The minimum Gasteiger partial charge on any atom is -0.496 e. The number of hydrogen-bond donors (Lipinski definition) is 2. The second-order valence-corrected chi connectivity index (χ2v) is 8.43. The minimum absolute atomic E-state index is 0.175. The van der Waals surface area contributed by atoms with Crippen molar-refractivity contribution >= 4 is 62.6 Å². The van der Waals surface area contributed by atoms with Crippen LogP contribution >= 0.6 is 34.8 Å². The fourth-order valence-electron chi connectivity index (χ4n) is 3.19. The quantitative estimate of drug-likeness (QED) is 0.260. The van der Waals surface area contributed by atoms with Crippen molar-refractivity contribution < 1.29 is 13.9 Å². The second-order valence-electron chi connectivity index (χ2n) is 6.78. The van der Waals surface area contributed by atoms with Gasteiger partial charge in [-0.1, -0.05) is 18.2 Å². The van der Waals surface area contributed by atoms with Crippen molar-refractivity contribution in [3.63, 3.8) is 0 Å². The van der Waals surface area contributed by atoms with Crippen LogP contribution in [-0.4, -0.2) is 23.1 Å². The number of carbonyl (C=O) groups is 1. The molecular weight excluding hydrogens is 525 g/mol. The molecule has 0 aliphatic carbocycles. The van der Waals surface area contributed by atoms with Gasteiger partial charge in [-0.25, -0.2) is 4.98 Å². The predicted molar refractivity (Wildman–Crippen MR) is 134 cm³/mol. The zero-order chi connectivity index (χ0) is 22.0. The minimum atomic E-state index is -0.346. The lowest BCUT2D eigenvalue weighted by atomic mass is 10.1. The molecule has 0 aliphatic rings. The van der Waals surface area contributed by atoms with Crippen LogP contribution in [0.5, 0.6) is 5.75 Å². The molecule has 6 nitrogen and oxygen atoms in total. The van der Waals surface area contributed by atoms with Gasteiger partial charge in [0.05, 0.1) is 12.7 Å². The van der Waals surface area contributed by atoms with Crippen LogP contribution < -0.4 is 15.4 Å². The summed E-state index contributed by atoms with van der Waals surface area (Å²) in [6.45, 7) is 1.88. The van der Waals surface area contributed by atoms with Crippen LogP contribution in [0.1, 0.15) is 15.9 Å². The maximum Gasteiger partial charge on any atom is 0.261 e. The molecule has 4 rings (SSSR count). The lowest BCUT2D eigenvalue weighted by molar-refractivity contribution is 0.0974. The first-order valence-corrected chi connectivity index (χ1v) is 10.9. The van der Waals surface area contributed by atoms with Crippen molar-refractivity contribution in [1.82, 2.24) is 10.3 Å². The van der Waals surface area contributed by atoms with Gasteiger partial charge in [-0.3, -0.25) is 10.1 Å². The van der Waals surface area contributed by atoms with Crippen LogP contribution in [0.25, 0.3) is 22.6 Å². The fraction of sp³-hybridized carbons (Fsp3) is 0.0870. The molecule has 1 amide bonds. The number of aryl methyl sites for hydroxylation is 1. The fourth-order valence-corrected chi connectivity index (χ4v) is 3.94. The third-order valence-electron chi connectivity index (χ3n) is 4.60. The molecule has 0 saturated heterocycles. The highest BCUT2D eigenvalue weighted by atomic mass is 127. The number of hydrogen-bond acceptors (Lipinski definition) is 5. The third kappa shape index (κ3) is 4.70. The molecule has 2 N–H and O–H groups in total. The molecule has 0 fully saturated rings. The number of halogens is 1. The molecular formula is C23H18IN3O3S. The molecule has 1 aromatic heterocycles. The van der Waals surface area contributed by atoms with E-state index in [1.54, 1.807) is 12.1 Å². The second kappa shape index (κ2) is 9.03. The molecule has 8 heteroatoms. The van der Waals surface area contributed by atoms with E-state index < -0.39 is 0 Å². The Balaban J connectivity index is 1.50. The molecule has 156 valence electrons. The Labute approximate surface area is 198 Å². The van der Waals surface area contributed by atoms with Gasteiger partial charge in [0.1, 0.15) is 11.3 Å². The van der Waals surface area contributed by atoms with E-state index in [1.807, 2.05) is 55.5 Å². The Morgan fingerprint density at radius 2 is 1.94 bits per heavy atom. The Bertz CT molecular complexity index is 1300. The van der Waals surface area contributed by atoms with E-state index in [0.717, 1.165) is 14.7 Å². The van der Waals surface area contributed by atoms with E-state index in [2.05, 4.69) is 38.2 Å². The maximum atomic E-state index is 12.6. The Morgan fingerprint density at radius 3 is 2.71 bits per heavy atom. The summed E-state index contributed by atoms with van der Waals surface area (Å²) in [6, 6.07) is 18.8. The first kappa shape index (κ1) is 21.3. The lowest BCUT2D eigenvalue weighted by Crippen LogP contribution is -2.34. The summed E-state index contributed by atoms with van der Waals surface area (Å²) in [5.74, 6) is 0.726. The molecule has 3 aromatic carbocycles. The van der Waals surface area contributed by atoms with E-state index in [-0.39, 0.29) is 11.0 Å². The Kier molecular flexibility index (Phi) is 6.19. The van der Waals surface area contributed by atoms with Gasteiger partial charge >= 0.3 is 0 Å². The average molecular weight is 543 g/mol. The standard InChI is InChI=1S/C23H18IN3O3S/c1-13-5-3-8-17(20(13)29-2)21(28)27-23(31)25-16-9-10-19-18(12-16)26-22(30-19)14-6-4-7-15(24)11-14/h3-12H,1-2H3,(H2,25,27,28,31). The number of rotatable bonds is 4. The van der Waals surface area contributed by atoms with Gasteiger partial charge in [0.25, 0.3) is 5.91 Å². The predicted octanol–water partition coefficient (Wildman–Crippen LogP) is 5.54. The van der Waals surface area contributed by atoms with Crippen LogP contribution in [0.2, 0.25) is 0 Å². The number of oxazole rings is 1. The topological polar surface area (TPSA) is 76.4 Å². The third-order valence-corrected chi connectivity index (χ3v) is 5.48. The molecule has 0 spiro atoms. The van der Waals surface area contributed by atoms with Gasteiger partial charge in [0.2, 0.25) is 5.89 Å². The van der Waals surface area contributed by atoms with Gasteiger partial charge < -0.3 is 14.5 Å². The van der Waals surface area contributed by atoms with E-state index in [0.29, 0.717) is 34.0 Å². The Hall–Kier alpha value is -2.98. The Morgan fingerprint density at radius 1 is 1.13 bits per heavy atom. The number of ether oxygens (including phenoxy) is 1. The van der Waals surface area contributed by atoms with Crippen molar-refractivity contribution in [3.05, 3.63) is 75.4 Å². The molecule has 4 aromatic rings. The number of nitrogens with one attached hydrogen (secondary N) is 2. The number of nitrogens with zero attached hydrogens (tertiary/aromatic N) is 1. The summed E-state index contributed by atoms with van der Waals surface area (Å²) in [4.78, 5) is 17.2. The number of carbonyl (C=O) groups excluding carboxylic acids is 1. The van der Waals surface area contributed by atoms with E-state index in [4.69, 9.17) is 21.4 Å². The zero-order valence-electron chi connectivity index (χ0n) is 16.7.